The Morgan fingerprint density at radius 3 is 2.31 bits per heavy atom. The molecule has 9 nitrogen and oxygen atoms in total. The van der Waals surface area contributed by atoms with Crippen LogP contribution in [0.4, 0.5) is 5.69 Å². The van der Waals surface area contributed by atoms with Gasteiger partial charge in [0.1, 0.15) is 18.1 Å². The summed E-state index contributed by atoms with van der Waals surface area (Å²) >= 11 is 1.25. The second-order valence-corrected chi connectivity index (χ2v) is 8.25. The van der Waals surface area contributed by atoms with Crippen molar-refractivity contribution in [1.82, 2.24) is 14.8 Å². The van der Waals surface area contributed by atoms with Crippen LogP contribution in [0.3, 0.4) is 0 Å². The van der Waals surface area contributed by atoms with E-state index in [1.807, 2.05) is 59.2 Å². The smallest absolute Gasteiger partial charge is 0.248 e. The van der Waals surface area contributed by atoms with E-state index in [4.69, 9.17) is 15.2 Å². The van der Waals surface area contributed by atoms with Crippen molar-refractivity contribution in [2.75, 3.05) is 18.2 Å². The molecule has 4 rings (SSSR count). The highest BCUT2D eigenvalue weighted by atomic mass is 32.2. The normalized spacial score (nSPS) is 10.5. The van der Waals surface area contributed by atoms with Crippen LogP contribution in [0.2, 0.25) is 0 Å². The van der Waals surface area contributed by atoms with E-state index in [9.17, 15) is 9.59 Å². The van der Waals surface area contributed by atoms with Crippen LogP contribution in [0.5, 0.6) is 11.5 Å². The molecule has 0 saturated heterocycles. The molecule has 35 heavy (non-hydrogen) atoms. The maximum Gasteiger partial charge on any atom is 0.248 e. The van der Waals surface area contributed by atoms with Crippen molar-refractivity contribution in [2.24, 2.45) is 5.73 Å². The van der Waals surface area contributed by atoms with Crippen molar-refractivity contribution in [3.05, 3.63) is 90.3 Å². The third-order valence-electron chi connectivity index (χ3n) is 4.93. The van der Waals surface area contributed by atoms with Crippen molar-refractivity contribution in [3.63, 3.8) is 0 Å². The zero-order valence-corrected chi connectivity index (χ0v) is 19.7. The number of amides is 2. The van der Waals surface area contributed by atoms with Crippen molar-refractivity contribution in [2.45, 2.75) is 11.8 Å². The van der Waals surface area contributed by atoms with Gasteiger partial charge in [-0.2, -0.15) is 0 Å². The number of nitrogens with two attached hydrogens (primary N) is 1. The average Bonchev–Trinajstić information content (AvgIpc) is 3.30. The third-order valence-corrected chi connectivity index (χ3v) is 5.86. The number of ether oxygens (including phenoxy) is 2. The van der Waals surface area contributed by atoms with E-state index in [-0.39, 0.29) is 18.3 Å². The lowest BCUT2D eigenvalue weighted by atomic mass is 10.2. The predicted octanol–water partition coefficient (Wildman–Crippen LogP) is 3.68. The maximum atomic E-state index is 12.5. The first-order chi connectivity index (χ1) is 17.0. The molecule has 0 radical (unpaired) electrons. The van der Waals surface area contributed by atoms with Crippen LogP contribution in [0, 0.1) is 0 Å². The number of methoxy groups -OCH3 is 1. The molecule has 1 heterocycles. The third kappa shape index (κ3) is 6.18. The lowest BCUT2D eigenvalue weighted by molar-refractivity contribution is -0.113. The van der Waals surface area contributed by atoms with E-state index in [1.54, 1.807) is 31.4 Å². The number of primary amides is 1. The van der Waals surface area contributed by atoms with Crippen LogP contribution in [-0.2, 0) is 11.4 Å². The molecule has 3 aromatic carbocycles. The molecule has 0 atom stereocenters. The summed E-state index contributed by atoms with van der Waals surface area (Å²) in [6.45, 7) is 0.196. The number of hydrogen-bond donors (Lipinski definition) is 2. The highest BCUT2D eigenvalue weighted by molar-refractivity contribution is 7.99. The highest BCUT2D eigenvalue weighted by Crippen LogP contribution is 2.25. The molecule has 0 spiro atoms. The van der Waals surface area contributed by atoms with Gasteiger partial charge in [-0.1, -0.05) is 30.0 Å². The van der Waals surface area contributed by atoms with Gasteiger partial charge in [-0.3, -0.25) is 14.2 Å². The summed E-state index contributed by atoms with van der Waals surface area (Å²) in [6, 6.07) is 23.3. The summed E-state index contributed by atoms with van der Waals surface area (Å²) in [5, 5.41) is 11.9. The molecule has 1 aromatic heterocycles. The van der Waals surface area contributed by atoms with Gasteiger partial charge in [0.2, 0.25) is 11.8 Å². The van der Waals surface area contributed by atoms with Gasteiger partial charge in [0.15, 0.2) is 11.0 Å². The molecule has 10 heteroatoms. The molecule has 0 aliphatic carbocycles. The highest BCUT2D eigenvalue weighted by Gasteiger charge is 2.17. The summed E-state index contributed by atoms with van der Waals surface area (Å²) in [5.74, 6) is 1.37. The first-order valence-corrected chi connectivity index (χ1v) is 11.6. The Morgan fingerprint density at radius 1 is 0.943 bits per heavy atom. The number of rotatable bonds is 10. The zero-order chi connectivity index (χ0) is 24.6. The summed E-state index contributed by atoms with van der Waals surface area (Å²) in [6.07, 6.45) is 0. The Kier molecular flexibility index (Phi) is 7.63. The van der Waals surface area contributed by atoms with Gasteiger partial charge >= 0.3 is 0 Å². The van der Waals surface area contributed by atoms with E-state index in [2.05, 4.69) is 15.5 Å². The Bertz CT molecular complexity index is 1290. The number of benzene rings is 3. The van der Waals surface area contributed by atoms with E-state index >= 15 is 0 Å². The topological polar surface area (TPSA) is 121 Å². The maximum absolute atomic E-state index is 12.5. The van der Waals surface area contributed by atoms with E-state index < -0.39 is 5.91 Å². The minimum absolute atomic E-state index is 0.103. The lowest BCUT2D eigenvalue weighted by Crippen LogP contribution is -2.15. The van der Waals surface area contributed by atoms with Crippen molar-refractivity contribution in [1.29, 1.82) is 0 Å². The van der Waals surface area contributed by atoms with Gasteiger partial charge in [0.25, 0.3) is 0 Å². The number of hydrogen-bond acceptors (Lipinski definition) is 7. The molecule has 0 bridgehead atoms. The Labute approximate surface area is 206 Å². The lowest BCUT2D eigenvalue weighted by Gasteiger charge is -2.12. The van der Waals surface area contributed by atoms with Crippen LogP contribution in [0.15, 0.2) is 84.0 Å². The number of nitrogens with zero attached hydrogens (tertiary/aromatic N) is 3. The minimum atomic E-state index is -0.525. The van der Waals surface area contributed by atoms with E-state index in [0.29, 0.717) is 28.0 Å². The molecular formula is C25H23N5O4S. The van der Waals surface area contributed by atoms with Crippen molar-refractivity contribution in [3.8, 4) is 17.2 Å². The summed E-state index contributed by atoms with van der Waals surface area (Å²) in [4.78, 5) is 23.7. The van der Waals surface area contributed by atoms with Gasteiger partial charge in [0.05, 0.1) is 12.9 Å². The summed E-state index contributed by atoms with van der Waals surface area (Å²) in [5.41, 5.74) is 7.00. The monoisotopic (exact) mass is 489 g/mol. The van der Waals surface area contributed by atoms with E-state index in [0.717, 1.165) is 11.4 Å². The Morgan fingerprint density at radius 2 is 1.66 bits per heavy atom. The number of nitrogens with one attached hydrogen (secondary N) is 1. The van der Waals surface area contributed by atoms with Crippen LogP contribution >= 0.6 is 11.8 Å². The summed E-state index contributed by atoms with van der Waals surface area (Å²) < 4.78 is 13.0. The van der Waals surface area contributed by atoms with Gasteiger partial charge in [-0.05, 0) is 60.7 Å². The Balaban J connectivity index is 1.49. The molecule has 4 aromatic rings. The first kappa shape index (κ1) is 23.8. The second kappa shape index (κ2) is 11.2. The minimum Gasteiger partial charge on any atom is -0.497 e. The Hall–Kier alpha value is -4.31. The fourth-order valence-electron chi connectivity index (χ4n) is 3.19. The molecule has 2 amide bonds. The molecular weight excluding hydrogens is 466 g/mol. The molecule has 0 fully saturated rings. The average molecular weight is 490 g/mol. The molecule has 3 N–H and O–H groups in total. The number of para-hydroxylation sites is 1. The largest absolute Gasteiger partial charge is 0.497 e. The van der Waals surface area contributed by atoms with Crippen LogP contribution in [-0.4, -0.2) is 39.4 Å². The van der Waals surface area contributed by atoms with Gasteiger partial charge in [-0.25, -0.2) is 0 Å². The molecule has 0 aliphatic heterocycles. The molecule has 0 aliphatic rings. The van der Waals surface area contributed by atoms with Crippen LogP contribution in [0.1, 0.15) is 16.2 Å². The predicted molar refractivity (Wildman–Crippen MR) is 133 cm³/mol. The molecule has 0 unspecified atom stereocenters. The molecule has 0 saturated carbocycles. The number of aromatic nitrogens is 3. The zero-order valence-electron chi connectivity index (χ0n) is 18.9. The fraction of sp³-hybridized carbons (Fsp3) is 0.120. The van der Waals surface area contributed by atoms with Gasteiger partial charge in [0, 0.05) is 16.9 Å². The summed E-state index contributed by atoms with van der Waals surface area (Å²) in [7, 11) is 1.61. The van der Waals surface area contributed by atoms with Crippen molar-refractivity contribution < 1.29 is 19.1 Å². The van der Waals surface area contributed by atoms with Crippen molar-refractivity contribution >= 4 is 29.3 Å². The van der Waals surface area contributed by atoms with Crippen LogP contribution < -0.4 is 20.5 Å². The van der Waals surface area contributed by atoms with Gasteiger partial charge < -0.3 is 20.5 Å². The fourth-order valence-corrected chi connectivity index (χ4v) is 3.96. The second-order valence-electron chi connectivity index (χ2n) is 7.31. The van der Waals surface area contributed by atoms with Crippen LogP contribution in [0.25, 0.3) is 5.69 Å². The quantitative estimate of drug-likeness (QED) is 0.326. The number of anilines is 1. The van der Waals surface area contributed by atoms with E-state index in [1.165, 1.54) is 11.8 Å². The van der Waals surface area contributed by atoms with Gasteiger partial charge in [-0.15, -0.1) is 10.2 Å². The number of carbonyl (C=O) groups excluding carboxylic acids is 2. The molecule has 178 valence electrons. The SMILES string of the molecule is COc1ccc(-n2c(COc3ccccc3)nnc2SCC(=O)Nc2ccc(C(N)=O)cc2)cc1. The standard InChI is InChI=1S/C25H23N5O4S/c1-33-20-13-11-19(12-14-20)30-22(15-34-21-5-3-2-4-6-21)28-29-25(30)35-16-23(31)27-18-9-7-17(8-10-18)24(26)32/h2-14H,15-16H2,1H3,(H2,26,32)(H,27,31). The number of carbonyl (C=O) groups is 2. The first-order valence-electron chi connectivity index (χ1n) is 10.6. The number of thioether (sulfide) groups is 1.